The highest BCUT2D eigenvalue weighted by Gasteiger charge is 2.41. The van der Waals surface area contributed by atoms with Crippen molar-refractivity contribution in [2.75, 3.05) is 13.2 Å². The summed E-state index contributed by atoms with van der Waals surface area (Å²) in [6.45, 7) is 4.31. The van der Waals surface area contributed by atoms with Crippen LogP contribution in [0.3, 0.4) is 0 Å². The minimum atomic E-state index is -3.10. The summed E-state index contributed by atoms with van der Waals surface area (Å²) >= 11 is 0. The van der Waals surface area contributed by atoms with Gasteiger partial charge in [0, 0.05) is 0 Å². The third-order valence-corrected chi connectivity index (χ3v) is 5.37. The zero-order valence-corrected chi connectivity index (χ0v) is 10.4. The van der Waals surface area contributed by atoms with Crippen LogP contribution in [0.25, 0.3) is 0 Å². The van der Waals surface area contributed by atoms with Crippen LogP contribution >= 0.6 is 7.60 Å². The van der Waals surface area contributed by atoms with Crippen LogP contribution < -0.4 is 0 Å². The molecule has 0 amide bonds. The van der Waals surface area contributed by atoms with Crippen LogP contribution in [0, 0.1) is 0 Å². The minimum Gasteiger partial charge on any atom is -0.392 e. The van der Waals surface area contributed by atoms with E-state index in [-0.39, 0.29) is 5.66 Å². The fourth-order valence-electron chi connectivity index (χ4n) is 2.05. The van der Waals surface area contributed by atoms with Crippen molar-refractivity contribution >= 4 is 7.60 Å². The molecule has 4 nitrogen and oxygen atoms in total. The molecule has 0 aromatic rings. The molecule has 0 aromatic heterocycles. The molecule has 15 heavy (non-hydrogen) atoms. The molecule has 2 unspecified atom stereocenters. The monoisotopic (exact) mass is 236 g/mol. The summed E-state index contributed by atoms with van der Waals surface area (Å²) in [5, 5.41) is 9.83. The van der Waals surface area contributed by atoms with Crippen LogP contribution in [0.2, 0.25) is 0 Å². The Hall–Kier alpha value is 0.110. The lowest BCUT2D eigenvalue weighted by Crippen LogP contribution is -2.31. The van der Waals surface area contributed by atoms with Gasteiger partial charge in [-0.25, -0.2) is 0 Å². The summed E-state index contributed by atoms with van der Waals surface area (Å²) in [7, 11) is -3.10. The lowest BCUT2D eigenvalue weighted by Gasteiger charge is -2.32. The Morgan fingerprint density at radius 1 is 1.20 bits per heavy atom. The second-order valence-electron chi connectivity index (χ2n) is 3.79. The molecule has 2 atom stereocenters. The van der Waals surface area contributed by atoms with Gasteiger partial charge in [0.15, 0.2) is 0 Å². The molecule has 0 bridgehead atoms. The van der Waals surface area contributed by atoms with Gasteiger partial charge in [0.25, 0.3) is 0 Å². The van der Waals surface area contributed by atoms with E-state index < -0.39 is 13.7 Å². The van der Waals surface area contributed by atoms with Gasteiger partial charge < -0.3 is 14.2 Å². The SMILES string of the molecule is CCOP(=O)(OCC)C1CCCCC1O. The van der Waals surface area contributed by atoms with Gasteiger partial charge in [0.2, 0.25) is 0 Å². The average Bonchev–Trinajstić information content (AvgIpc) is 2.19. The predicted molar refractivity (Wildman–Crippen MR) is 59.1 cm³/mol. The first-order chi connectivity index (χ1) is 7.14. The summed E-state index contributed by atoms with van der Waals surface area (Å²) in [5.74, 6) is 0. The molecule has 0 aromatic carbocycles. The van der Waals surface area contributed by atoms with Crippen LogP contribution in [-0.4, -0.2) is 30.1 Å². The Morgan fingerprint density at radius 2 is 1.73 bits per heavy atom. The number of aliphatic hydroxyl groups excluding tert-OH is 1. The molecule has 1 aliphatic carbocycles. The van der Waals surface area contributed by atoms with Crippen molar-refractivity contribution in [3.05, 3.63) is 0 Å². The molecular weight excluding hydrogens is 215 g/mol. The standard InChI is InChI=1S/C10H21O4P/c1-3-13-15(12,14-4-2)10-8-6-5-7-9(10)11/h9-11H,3-8H2,1-2H3. The number of hydrogen-bond acceptors (Lipinski definition) is 4. The van der Waals surface area contributed by atoms with Crippen molar-refractivity contribution in [1.29, 1.82) is 0 Å². The number of hydrogen-bond donors (Lipinski definition) is 1. The normalized spacial score (nSPS) is 27.9. The first-order valence-corrected chi connectivity index (χ1v) is 7.32. The molecule has 0 heterocycles. The lowest BCUT2D eigenvalue weighted by atomic mass is 9.97. The third kappa shape index (κ3) is 3.28. The van der Waals surface area contributed by atoms with Gasteiger partial charge >= 0.3 is 7.60 Å². The van der Waals surface area contributed by atoms with Crippen LogP contribution in [-0.2, 0) is 13.6 Å². The van der Waals surface area contributed by atoms with E-state index in [2.05, 4.69) is 0 Å². The van der Waals surface area contributed by atoms with Gasteiger partial charge in [-0.3, -0.25) is 4.57 Å². The van der Waals surface area contributed by atoms with E-state index in [1.165, 1.54) is 0 Å². The maximum atomic E-state index is 12.4. The number of aliphatic hydroxyl groups is 1. The van der Waals surface area contributed by atoms with E-state index in [4.69, 9.17) is 9.05 Å². The lowest BCUT2D eigenvalue weighted by molar-refractivity contribution is 0.109. The molecule has 5 heteroatoms. The third-order valence-electron chi connectivity index (χ3n) is 2.72. The molecule has 1 rings (SSSR count). The fraction of sp³-hybridized carbons (Fsp3) is 1.00. The predicted octanol–water partition coefficient (Wildman–Crippen LogP) is 2.56. The van der Waals surface area contributed by atoms with Crippen molar-refractivity contribution in [3.8, 4) is 0 Å². The van der Waals surface area contributed by atoms with Crippen LogP contribution in [0.1, 0.15) is 39.5 Å². The van der Waals surface area contributed by atoms with E-state index in [0.717, 1.165) is 19.3 Å². The quantitative estimate of drug-likeness (QED) is 0.745. The molecule has 90 valence electrons. The smallest absolute Gasteiger partial charge is 0.336 e. The van der Waals surface area contributed by atoms with Crippen LogP contribution in [0.15, 0.2) is 0 Å². The van der Waals surface area contributed by atoms with Gasteiger partial charge in [0.1, 0.15) is 0 Å². The molecule has 0 saturated heterocycles. The largest absolute Gasteiger partial charge is 0.392 e. The fourth-order valence-corrected chi connectivity index (χ4v) is 4.30. The van der Waals surface area contributed by atoms with E-state index in [1.54, 1.807) is 13.8 Å². The van der Waals surface area contributed by atoms with Gasteiger partial charge in [-0.15, -0.1) is 0 Å². The number of rotatable bonds is 5. The second kappa shape index (κ2) is 6.00. The first-order valence-electron chi connectivity index (χ1n) is 5.71. The van der Waals surface area contributed by atoms with Crippen molar-refractivity contribution in [3.63, 3.8) is 0 Å². The van der Waals surface area contributed by atoms with Crippen molar-refractivity contribution in [1.82, 2.24) is 0 Å². The van der Waals surface area contributed by atoms with Gasteiger partial charge in [-0.1, -0.05) is 12.8 Å². The Bertz CT molecular complexity index is 221. The Morgan fingerprint density at radius 3 is 2.20 bits per heavy atom. The maximum Gasteiger partial charge on any atom is 0.336 e. The van der Waals surface area contributed by atoms with Crippen molar-refractivity contribution < 1.29 is 18.7 Å². The molecule has 1 N–H and O–H groups in total. The van der Waals surface area contributed by atoms with Crippen LogP contribution in [0.5, 0.6) is 0 Å². The molecular formula is C10H21O4P. The highest BCUT2D eigenvalue weighted by molar-refractivity contribution is 7.54. The minimum absolute atomic E-state index is 0.328. The average molecular weight is 236 g/mol. The van der Waals surface area contributed by atoms with E-state index in [0.29, 0.717) is 19.6 Å². The van der Waals surface area contributed by atoms with Gasteiger partial charge in [-0.05, 0) is 26.7 Å². The van der Waals surface area contributed by atoms with E-state index >= 15 is 0 Å². The summed E-state index contributed by atoms with van der Waals surface area (Å²) < 4.78 is 22.9. The first kappa shape index (κ1) is 13.2. The highest BCUT2D eigenvalue weighted by atomic mass is 31.2. The van der Waals surface area contributed by atoms with Gasteiger partial charge in [0.05, 0.1) is 25.0 Å². The zero-order chi connectivity index (χ0) is 11.3. The summed E-state index contributed by atoms with van der Waals surface area (Å²) in [5.41, 5.74) is -0.328. The van der Waals surface area contributed by atoms with E-state index in [1.807, 2.05) is 0 Å². The van der Waals surface area contributed by atoms with E-state index in [9.17, 15) is 9.67 Å². The highest BCUT2D eigenvalue weighted by Crippen LogP contribution is 2.57. The Balaban J connectivity index is 2.72. The van der Waals surface area contributed by atoms with Crippen LogP contribution in [0.4, 0.5) is 0 Å². The summed E-state index contributed by atoms with van der Waals surface area (Å²) in [6, 6.07) is 0. The second-order valence-corrected chi connectivity index (χ2v) is 6.05. The molecule has 1 saturated carbocycles. The topological polar surface area (TPSA) is 55.8 Å². The van der Waals surface area contributed by atoms with Crippen molar-refractivity contribution in [2.24, 2.45) is 0 Å². The Kier molecular flexibility index (Phi) is 5.27. The molecule has 0 aliphatic heterocycles. The molecule has 1 aliphatic rings. The summed E-state index contributed by atoms with van der Waals surface area (Å²) in [6.07, 6.45) is 2.89. The van der Waals surface area contributed by atoms with Gasteiger partial charge in [-0.2, -0.15) is 0 Å². The molecule has 1 fully saturated rings. The van der Waals surface area contributed by atoms with Crippen molar-refractivity contribution in [2.45, 2.75) is 51.3 Å². The maximum absolute atomic E-state index is 12.4. The molecule has 0 radical (unpaired) electrons. The summed E-state index contributed by atoms with van der Waals surface area (Å²) in [4.78, 5) is 0. The Labute approximate surface area is 91.5 Å². The molecule has 0 spiro atoms. The zero-order valence-electron chi connectivity index (χ0n) is 9.52.